The lowest BCUT2D eigenvalue weighted by Crippen LogP contribution is -2.38. The minimum Gasteiger partial charge on any atom is -0.296 e. The first-order valence-electron chi connectivity index (χ1n) is 8.25. The first-order valence-corrected chi connectivity index (χ1v) is 8.25. The predicted molar refractivity (Wildman–Crippen MR) is 98.6 cm³/mol. The van der Waals surface area contributed by atoms with Gasteiger partial charge in [0, 0.05) is 18.5 Å². The minimum absolute atomic E-state index is 0.0678. The smallest absolute Gasteiger partial charge is 0.296 e. The minimum atomic E-state index is -4.32. The third kappa shape index (κ3) is 3.85. The summed E-state index contributed by atoms with van der Waals surface area (Å²) < 4.78 is 40.1. The number of allylic oxidation sites excluding steroid dienone is 3. The van der Waals surface area contributed by atoms with Crippen LogP contribution in [0, 0.1) is 17.8 Å². The van der Waals surface area contributed by atoms with Crippen molar-refractivity contribution in [3.63, 3.8) is 0 Å². The summed E-state index contributed by atoms with van der Waals surface area (Å²) in [5, 5.41) is 0.274. The standard InChI is InChI=1S/C20H16F3N3O/c1-3-4-15(24-2)8-5-13-6-9-16-17(11-13)25-18-10-7-14(20(21,22)23)12-26(18)19(16)27/h3-4,6,9,11,14H,1-2,7,10,12H2/b15-4-. The van der Waals surface area contributed by atoms with E-state index in [4.69, 9.17) is 0 Å². The molecule has 4 nitrogen and oxygen atoms in total. The number of fused-ring (bicyclic) bond motifs is 2. The molecule has 2 aromatic rings. The largest absolute Gasteiger partial charge is 0.393 e. The zero-order valence-electron chi connectivity index (χ0n) is 14.4. The van der Waals surface area contributed by atoms with Crippen molar-refractivity contribution in [3.8, 4) is 11.8 Å². The lowest BCUT2D eigenvalue weighted by atomic mass is 9.98. The molecule has 138 valence electrons. The molecule has 1 aromatic carbocycles. The fourth-order valence-electron chi connectivity index (χ4n) is 2.99. The van der Waals surface area contributed by atoms with Crippen LogP contribution in [0.2, 0.25) is 0 Å². The molecule has 1 aliphatic rings. The molecule has 0 saturated heterocycles. The van der Waals surface area contributed by atoms with Gasteiger partial charge in [0.15, 0.2) is 0 Å². The van der Waals surface area contributed by atoms with Gasteiger partial charge in [0.1, 0.15) is 11.5 Å². The molecule has 2 heterocycles. The summed E-state index contributed by atoms with van der Waals surface area (Å²) in [6, 6.07) is 4.82. The fraction of sp³-hybridized carbons (Fsp3) is 0.250. The number of alkyl halides is 3. The molecule has 0 radical (unpaired) electrons. The van der Waals surface area contributed by atoms with E-state index in [1.807, 2.05) is 0 Å². The maximum absolute atomic E-state index is 13.0. The Labute approximate surface area is 153 Å². The van der Waals surface area contributed by atoms with Crippen LogP contribution in [0.25, 0.3) is 10.9 Å². The lowest BCUT2D eigenvalue weighted by Gasteiger charge is -2.27. The van der Waals surface area contributed by atoms with Gasteiger partial charge in [0.2, 0.25) is 0 Å². The molecule has 0 fully saturated rings. The average molecular weight is 371 g/mol. The summed E-state index contributed by atoms with van der Waals surface area (Å²) in [6.45, 7) is 6.60. The maximum atomic E-state index is 13.0. The molecule has 1 atom stereocenters. The molecule has 1 unspecified atom stereocenters. The highest BCUT2D eigenvalue weighted by molar-refractivity contribution is 5.79. The summed E-state index contributed by atoms with van der Waals surface area (Å²) in [5.41, 5.74) is 1.02. The SMILES string of the molecule is C=C/C=C(/C#Cc1ccc2c(=O)n3c(nc2c1)CCC(C(F)(F)F)C3)N=C. The Hall–Kier alpha value is -3.14. The van der Waals surface area contributed by atoms with Gasteiger partial charge < -0.3 is 0 Å². The van der Waals surface area contributed by atoms with Crippen LogP contribution >= 0.6 is 0 Å². The number of aryl methyl sites for hydroxylation is 1. The van der Waals surface area contributed by atoms with Gasteiger partial charge in [-0.25, -0.2) is 4.98 Å². The van der Waals surface area contributed by atoms with Crippen LogP contribution in [0.15, 0.2) is 52.4 Å². The van der Waals surface area contributed by atoms with Gasteiger partial charge in [0.25, 0.3) is 5.56 Å². The zero-order valence-corrected chi connectivity index (χ0v) is 14.4. The van der Waals surface area contributed by atoms with Crippen molar-refractivity contribution in [2.75, 3.05) is 0 Å². The number of nitrogens with zero attached hydrogens (tertiary/aromatic N) is 3. The van der Waals surface area contributed by atoms with Gasteiger partial charge in [0.05, 0.1) is 16.8 Å². The number of aromatic nitrogens is 2. The molecule has 1 aliphatic heterocycles. The topological polar surface area (TPSA) is 47.2 Å². The highest BCUT2D eigenvalue weighted by atomic mass is 19.4. The quantitative estimate of drug-likeness (QED) is 0.460. The van der Waals surface area contributed by atoms with Crippen LogP contribution in [-0.2, 0) is 13.0 Å². The average Bonchev–Trinajstić information content (AvgIpc) is 2.64. The molecular weight excluding hydrogens is 355 g/mol. The van der Waals surface area contributed by atoms with Gasteiger partial charge in [-0.1, -0.05) is 18.6 Å². The Balaban J connectivity index is 2.03. The molecule has 0 N–H and O–H groups in total. The van der Waals surface area contributed by atoms with Gasteiger partial charge in [-0.2, -0.15) is 13.2 Å². The Morgan fingerprint density at radius 3 is 2.85 bits per heavy atom. The van der Waals surface area contributed by atoms with E-state index >= 15 is 0 Å². The van der Waals surface area contributed by atoms with E-state index in [1.165, 1.54) is 6.07 Å². The number of hydrogen-bond donors (Lipinski definition) is 0. The molecule has 0 saturated carbocycles. The van der Waals surface area contributed by atoms with Crippen molar-refractivity contribution in [1.29, 1.82) is 0 Å². The lowest BCUT2D eigenvalue weighted by molar-refractivity contribution is -0.182. The first kappa shape index (κ1) is 18.6. The molecule has 0 spiro atoms. The number of benzene rings is 1. The van der Waals surface area contributed by atoms with E-state index in [1.54, 1.807) is 24.3 Å². The number of halogens is 3. The third-order valence-electron chi connectivity index (χ3n) is 4.40. The fourth-order valence-corrected chi connectivity index (χ4v) is 2.99. The number of rotatable bonds is 2. The Morgan fingerprint density at radius 1 is 1.41 bits per heavy atom. The van der Waals surface area contributed by atoms with Crippen LogP contribution in [0.4, 0.5) is 13.2 Å². The van der Waals surface area contributed by atoms with Crippen LogP contribution < -0.4 is 5.56 Å². The number of hydrogen-bond acceptors (Lipinski definition) is 3. The summed E-state index contributed by atoms with van der Waals surface area (Å²) in [5.74, 6) is 4.58. The van der Waals surface area contributed by atoms with Gasteiger partial charge in [-0.3, -0.25) is 14.4 Å². The molecule has 3 rings (SSSR count). The van der Waals surface area contributed by atoms with E-state index in [0.717, 1.165) is 4.57 Å². The second kappa shape index (κ2) is 7.23. The van der Waals surface area contributed by atoms with Crippen LogP contribution in [0.1, 0.15) is 17.8 Å². The monoisotopic (exact) mass is 371 g/mol. The molecule has 1 aromatic heterocycles. The van der Waals surface area contributed by atoms with Gasteiger partial charge >= 0.3 is 6.18 Å². The summed E-state index contributed by atoms with van der Waals surface area (Å²) in [7, 11) is 0. The van der Waals surface area contributed by atoms with Gasteiger partial charge in [-0.15, -0.1) is 0 Å². The molecule has 0 amide bonds. The van der Waals surface area contributed by atoms with E-state index in [9.17, 15) is 18.0 Å². The van der Waals surface area contributed by atoms with Crippen LogP contribution in [-0.4, -0.2) is 22.4 Å². The molecular formula is C20H16F3N3O. The summed E-state index contributed by atoms with van der Waals surface area (Å²) >= 11 is 0. The highest BCUT2D eigenvalue weighted by Crippen LogP contribution is 2.33. The van der Waals surface area contributed by atoms with E-state index in [2.05, 4.69) is 35.1 Å². The van der Waals surface area contributed by atoms with E-state index in [-0.39, 0.29) is 24.8 Å². The van der Waals surface area contributed by atoms with E-state index < -0.39 is 17.7 Å². The third-order valence-corrected chi connectivity index (χ3v) is 4.40. The van der Waals surface area contributed by atoms with Crippen molar-refractivity contribution in [2.24, 2.45) is 10.9 Å². The van der Waals surface area contributed by atoms with Crippen LogP contribution in [0.5, 0.6) is 0 Å². The predicted octanol–water partition coefficient (Wildman–Crippen LogP) is 3.64. The number of aliphatic imine (C=N–C) groups is 1. The summed E-state index contributed by atoms with van der Waals surface area (Å²) in [6.07, 6.45) is -1.12. The molecule has 27 heavy (non-hydrogen) atoms. The summed E-state index contributed by atoms with van der Waals surface area (Å²) in [4.78, 5) is 20.8. The van der Waals surface area contributed by atoms with Crippen molar-refractivity contribution < 1.29 is 13.2 Å². The zero-order chi connectivity index (χ0) is 19.6. The second-order valence-corrected chi connectivity index (χ2v) is 6.15. The Morgan fingerprint density at radius 2 is 2.19 bits per heavy atom. The highest BCUT2D eigenvalue weighted by Gasteiger charge is 2.41. The maximum Gasteiger partial charge on any atom is 0.393 e. The second-order valence-electron chi connectivity index (χ2n) is 6.15. The molecule has 0 aliphatic carbocycles. The van der Waals surface area contributed by atoms with Gasteiger partial charge in [-0.05, 0) is 43.3 Å². The first-order chi connectivity index (χ1) is 12.8. The van der Waals surface area contributed by atoms with Crippen LogP contribution in [0.3, 0.4) is 0 Å². The molecule has 0 bridgehead atoms. The normalized spacial score (nSPS) is 17.0. The Bertz CT molecular complexity index is 1070. The van der Waals surface area contributed by atoms with Crippen molar-refractivity contribution in [3.05, 3.63) is 64.4 Å². The van der Waals surface area contributed by atoms with Crippen molar-refractivity contribution >= 4 is 17.6 Å². The molecule has 7 heteroatoms. The Kier molecular flexibility index (Phi) is 5.00. The van der Waals surface area contributed by atoms with Crippen molar-refractivity contribution in [2.45, 2.75) is 25.6 Å². The van der Waals surface area contributed by atoms with Crippen molar-refractivity contribution in [1.82, 2.24) is 9.55 Å². The van der Waals surface area contributed by atoms with E-state index in [0.29, 0.717) is 22.6 Å².